The van der Waals surface area contributed by atoms with Gasteiger partial charge in [0.15, 0.2) is 5.96 Å². The molecule has 0 aliphatic carbocycles. The summed E-state index contributed by atoms with van der Waals surface area (Å²) in [5.41, 5.74) is -0.0106. The Hall–Kier alpha value is -0.120. The zero-order chi connectivity index (χ0) is 13.6. The lowest BCUT2D eigenvalue weighted by Gasteiger charge is -2.24. The minimum Gasteiger partial charge on any atom is -0.384 e. The molecule has 1 aromatic rings. The summed E-state index contributed by atoms with van der Waals surface area (Å²) < 4.78 is 0.843. The molecule has 0 amide bonds. The highest BCUT2D eigenvalue weighted by Crippen LogP contribution is 2.21. The molecule has 108 valence electrons. The zero-order valence-electron chi connectivity index (χ0n) is 10.9. The van der Waals surface area contributed by atoms with E-state index < -0.39 is 5.60 Å². The standard InChI is InChI=1S/C12H18BrN3OS.HI/c1-9(13)6-15-11(14-3)16-8-12(2,17)10-4-5-18-7-10;/h4-5,7,17H,1,6,8H2,2-3H3,(H2,14,15,16);1H. The fraction of sp³-hybridized carbons (Fsp3) is 0.417. The number of nitrogens with one attached hydrogen (secondary N) is 2. The number of aliphatic hydroxyl groups is 1. The summed E-state index contributed by atoms with van der Waals surface area (Å²) in [6.45, 7) is 6.48. The van der Waals surface area contributed by atoms with Gasteiger partial charge in [-0.25, -0.2) is 0 Å². The van der Waals surface area contributed by atoms with Crippen LogP contribution in [0, 0.1) is 0 Å². The number of aliphatic imine (C=N–C) groups is 1. The van der Waals surface area contributed by atoms with Gasteiger partial charge in [-0.15, -0.1) is 24.0 Å². The Labute approximate surface area is 143 Å². The SMILES string of the molecule is C=C(Br)CNC(=NC)NCC(C)(O)c1ccsc1.I. The van der Waals surface area contributed by atoms with Crippen molar-refractivity contribution in [2.75, 3.05) is 20.1 Å². The summed E-state index contributed by atoms with van der Waals surface area (Å²) >= 11 is 4.84. The normalized spacial score (nSPS) is 14.2. The number of nitrogens with zero attached hydrogens (tertiary/aromatic N) is 1. The van der Waals surface area contributed by atoms with E-state index in [1.807, 2.05) is 16.8 Å². The van der Waals surface area contributed by atoms with Crippen LogP contribution >= 0.6 is 51.2 Å². The van der Waals surface area contributed by atoms with Crippen LogP contribution in [0.25, 0.3) is 0 Å². The first-order chi connectivity index (χ1) is 8.45. The van der Waals surface area contributed by atoms with Crippen LogP contribution in [0.15, 0.2) is 32.9 Å². The minimum atomic E-state index is -0.914. The molecule has 0 aromatic carbocycles. The molecule has 0 saturated heterocycles. The molecule has 0 fully saturated rings. The van der Waals surface area contributed by atoms with Crippen molar-refractivity contribution < 1.29 is 5.11 Å². The minimum absolute atomic E-state index is 0. The average Bonchev–Trinajstić information content (AvgIpc) is 2.83. The monoisotopic (exact) mass is 459 g/mol. The highest BCUT2D eigenvalue weighted by molar-refractivity contribution is 14.0. The number of hydrogen-bond acceptors (Lipinski definition) is 3. The molecule has 0 aliphatic heterocycles. The van der Waals surface area contributed by atoms with E-state index >= 15 is 0 Å². The summed E-state index contributed by atoms with van der Waals surface area (Å²) in [4.78, 5) is 4.07. The van der Waals surface area contributed by atoms with E-state index in [9.17, 15) is 5.11 Å². The Morgan fingerprint density at radius 2 is 2.26 bits per heavy atom. The van der Waals surface area contributed by atoms with E-state index in [1.165, 1.54) is 0 Å². The van der Waals surface area contributed by atoms with Gasteiger partial charge < -0.3 is 15.7 Å². The number of hydrogen-bond donors (Lipinski definition) is 3. The molecule has 0 aliphatic rings. The van der Waals surface area contributed by atoms with Gasteiger partial charge in [-0.05, 0) is 29.3 Å². The third kappa shape index (κ3) is 6.73. The summed E-state index contributed by atoms with van der Waals surface area (Å²) in [5, 5.41) is 20.4. The molecule has 0 saturated carbocycles. The molecule has 1 rings (SSSR count). The van der Waals surface area contributed by atoms with E-state index in [1.54, 1.807) is 25.3 Å². The van der Waals surface area contributed by atoms with E-state index in [0.717, 1.165) is 10.0 Å². The van der Waals surface area contributed by atoms with Crippen molar-refractivity contribution in [1.82, 2.24) is 10.6 Å². The number of guanidine groups is 1. The highest BCUT2D eigenvalue weighted by atomic mass is 127. The smallest absolute Gasteiger partial charge is 0.191 e. The quantitative estimate of drug-likeness (QED) is 0.360. The molecule has 1 unspecified atom stereocenters. The van der Waals surface area contributed by atoms with Gasteiger partial charge in [-0.2, -0.15) is 11.3 Å². The van der Waals surface area contributed by atoms with Crippen molar-refractivity contribution in [2.45, 2.75) is 12.5 Å². The van der Waals surface area contributed by atoms with Crippen LogP contribution in [0.2, 0.25) is 0 Å². The molecule has 0 spiro atoms. The van der Waals surface area contributed by atoms with Crippen LogP contribution in [0.4, 0.5) is 0 Å². The van der Waals surface area contributed by atoms with Crippen LogP contribution < -0.4 is 10.6 Å². The Morgan fingerprint density at radius 3 is 2.74 bits per heavy atom. The van der Waals surface area contributed by atoms with Gasteiger partial charge in [-0.1, -0.05) is 22.5 Å². The highest BCUT2D eigenvalue weighted by Gasteiger charge is 2.23. The number of halogens is 2. The van der Waals surface area contributed by atoms with E-state index in [2.05, 4.69) is 38.1 Å². The average molecular weight is 460 g/mol. The third-order valence-electron chi connectivity index (χ3n) is 2.41. The summed E-state index contributed by atoms with van der Waals surface area (Å²) in [7, 11) is 1.69. The van der Waals surface area contributed by atoms with E-state index in [0.29, 0.717) is 19.0 Å². The molecule has 1 aromatic heterocycles. The van der Waals surface area contributed by atoms with Crippen molar-refractivity contribution in [1.29, 1.82) is 0 Å². The molecule has 19 heavy (non-hydrogen) atoms. The van der Waals surface area contributed by atoms with Crippen LogP contribution in [0.3, 0.4) is 0 Å². The molecule has 1 heterocycles. The number of rotatable bonds is 5. The molecule has 0 radical (unpaired) electrons. The lowest BCUT2D eigenvalue weighted by molar-refractivity contribution is 0.0622. The van der Waals surface area contributed by atoms with Crippen molar-refractivity contribution in [2.24, 2.45) is 4.99 Å². The lowest BCUT2D eigenvalue weighted by Crippen LogP contribution is -2.44. The first kappa shape index (κ1) is 18.9. The predicted molar refractivity (Wildman–Crippen MR) is 96.7 cm³/mol. The molecular formula is C12H19BrIN3OS. The summed E-state index contributed by atoms with van der Waals surface area (Å²) in [6.07, 6.45) is 0. The summed E-state index contributed by atoms with van der Waals surface area (Å²) in [6, 6.07) is 1.92. The van der Waals surface area contributed by atoms with Gasteiger partial charge in [0.1, 0.15) is 5.60 Å². The van der Waals surface area contributed by atoms with Crippen LogP contribution in [0.5, 0.6) is 0 Å². The van der Waals surface area contributed by atoms with Gasteiger partial charge in [0.25, 0.3) is 0 Å². The molecule has 7 heteroatoms. The van der Waals surface area contributed by atoms with Gasteiger partial charge in [0, 0.05) is 18.1 Å². The largest absolute Gasteiger partial charge is 0.384 e. The topological polar surface area (TPSA) is 56.7 Å². The second-order valence-electron chi connectivity index (χ2n) is 4.08. The molecule has 4 nitrogen and oxygen atoms in total. The van der Waals surface area contributed by atoms with Crippen molar-refractivity contribution in [3.8, 4) is 0 Å². The van der Waals surface area contributed by atoms with Gasteiger partial charge in [-0.3, -0.25) is 4.99 Å². The summed E-state index contributed by atoms with van der Waals surface area (Å²) in [5.74, 6) is 0.631. The van der Waals surface area contributed by atoms with Crippen molar-refractivity contribution in [3.05, 3.63) is 33.5 Å². The Bertz CT molecular complexity index is 421. The predicted octanol–water partition coefficient (Wildman–Crippen LogP) is 2.65. The molecule has 1 atom stereocenters. The Kier molecular flexibility index (Phi) is 8.88. The fourth-order valence-electron chi connectivity index (χ4n) is 1.33. The third-order valence-corrected chi connectivity index (χ3v) is 3.38. The second-order valence-corrected chi connectivity index (χ2v) is 5.98. The first-order valence-electron chi connectivity index (χ1n) is 5.48. The van der Waals surface area contributed by atoms with Crippen LogP contribution in [0.1, 0.15) is 12.5 Å². The molecule has 3 N–H and O–H groups in total. The van der Waals surface area contributed by atoms with Crippen molar-refractivity contribution in [3.63, 3.8) is 0 Å². The Morgan fingerprint density at radius 1 is 1.58 bits per heavy atom. The maximum atomic E-state index is 10.3. The lowest BCUT2D eigenvalue weighted by atomic mass is 9.99. The molecular weight excluding hydrogens is 441 g/mol. The van der Waals surface area contributed by atoms with Crippen LogP contribution in [-0.2, 0) is 5.60 Å². The van der Waals surface area contributed by atoms with E-state index in [-0.39, 0.29) is 24.0 Å². The van der Waals surface area contributed by atoms with E-state index in [4.69, 9.17) is 0 Å². The van der Waals surface area contributed by atoms with Gasteiger partial charge in [0.2, 0.25) is 0 Å². The van der Waals surface area contributed by atoms with Gasteiger partial charge in [0.05, 0.1) is 6.54 Å². The van der Waals surface area contributed by atoms with Crippen molar-refractivity contribution >= 4 is 57.2 Å². The Balaban J connectivity index is 0.00000324. The van der Waals surface area contributed by atoms with Gasteiger partial charge >= 0.3 is 0 Å². The molecule has 0 bridgehead atoms. The first-order valence-corrected chi connectivity index (χ1v) is 7.22. The zero-order valence-corrected chi connectivity index (χ0v) is 15.7. The van der Waals surface area contributed by atoms with Crippen LogP contribution in [-0.4, -0.2) is 31.2 Å². The fourth-order valence-corrected chi connectivity index (χ4v) is 2.25. The second kappa shape index (κ2) is 8.93. The number of thiophene rings is 1. The maximum absolute atomic E-state index is 10.3. The maximum Gasteiger partial charge on any atom is 0.191 e.